The average Bonchev–Trinajstić information content (AvgIpc) is 3.29. The zero-order valence-corrected chi connectivity index (χ0v) is 17.7. The highest BCUT2D eigenvalue weighted by molar-refractivity contribution is 5.81. The summed E-state index contributed by atoms with van der Waals surface area (Å²) in [5, 5.41) is 15.9. The van der Waals surface area contributed by atoms with E-state index in [4.69, 9.17) is 0 Å². The fourth-order valence-electron chi connectivity index (χ4n) is 4.82. The summed E-state index contributed by atoms with van der Waals surface area (Å²) in [6, 6.07) is 8.41. The van der Waals surface area contributed by atoms with Crippen molar-refractivity contribution in [3.05, 3.63) is 42.4 Å². The Morgan fingerprint density at radius 2 is 1.90 bits per heavy atom. The van der Waals surface area contributed by atoms with E-state index in [0.29, 0.717) is 18.2 Å². The molecule has 1 saturated carbocycles. The smallest absolute Gasteiger partial charge is 0.159 e. The maximum absolute atomic E-state index is 14.5. The van der Waals surface area contributed by atoms with Crippen LogP contribution in [0.3, 0.4) is 0 Å². The van der Waals surface area contributed by atoms with Gasteiger partial charge in [-0.2, -0.15) is 5.10 Å². The molecule has 0 amide bonds. The maximum atomic E-state index is 14.5. The Morgan fingerprint density at radius 3 is 2.57 bits per heavy atom. The summed E-state index contributed by atoms with van der Waals surface area (Å²) in [5.74, 6) is 0.861. The van der Waals surface area contributed by atoms with Gasteiger partial charge in [-0.3, -0.25) is 0 Å². The Labute approximate surface area is 175 Å². The van der Waals surface area contributed by atoms with Gasteiger partial charge in [0, 0.05) is 23.9 Å². The van der Waals surface area contributed by atoms with E-state index in [9.17, 15) is 9.50 Å². The van der Waals surface area contributed by atoms with Crippen LogP contribution in [0.25, 0.3) is 16.7 Å². The molecule has 1 aliphatic heterocycles. The first-order valence-electron chi connectivity index (χ1n) is 10.7. The Hall–Kier alpha value is -2.54. The second-order valence-corrected chi connectivity index (χ2v) is 9.66. The van der Waals surface area contributed by atoms with Crippen LogP contribution in [-0.4, -0.2) is 49.7 Å². The highest BCUT2D eigenvalue weighted by Crippen LogP contribution is 2.44. The van der Waals surface area contributed by atoms with Crippen molar-refractivity contribution in [1.29, 1.82) is 0 Å². The third kappa shape index (κ3) is 3.16. The molecule has 1 aromatic carbocycles. The van der Waals surface area contributed by atoms with Crippen LogP contribution in [0.1, 0.15) is 45.6 Å². The molecule has 0 radical (unpaired) electrons. The molecule has 7 heteroatoms. The standard InChI is InChI=1S/C23H28FN5O/c1-22(2,30)17-12-28(13-18(17)24)20-10-21(26-14-25-20)29-19-9-16(23(3)7-4-8-23)6-5-15(19)11-27-29/h5-6,9-11,14,17-18,30H,4,7-8,12-13H2,1-3H3. The molecule has 158 valence electrons. The largest absolute Gasteiger partial charge is 0.390 e. The minimum atomic E-state index is -1.10. The molecular weight excluding hydrogens is 381 g/mol. The van der Waals surface area contributed by atoms with E-state index in [0.717, 1.165) is 10.9 Å². The van der Waals surface area contributed by atoms with Gasteiger partial charge >= 0.3 is 0 Å². The van der Waals surface area contributed by atoms with Crippen LogP contribution in [0.2, 0.25) is 0 Å². The lowest BCUT2D eigenvalue weighted by molar-refractivity contribution is -0.000242. The first-order chi connectivity index (χ1) is 14.2. The lowest BCUT2D eigenvalue weighted by Gasteiger charge is -2.39. The molecule has 6 nitrogen and oxygen atoms in total. The van der Waals surface area contributed by atoms with Crippen molar-refractivity contribution in [2.45, 2.75) is 57.2 Å². The topological polar surface area (TPSA) is 67.1 Å². The van der Waals surface area contributed by atoms with Gasteiger partial charge in [-0.05, 0) is 43.7 Å². The molecule has 2 unspecified atom stereocenters. The molecule has 1 N–H and O–H groups in total. The van der Waals surface area contributed by atoms with E-state index in [2.05, 4.69) is 40.2 Å². The third-order valence-electron chi connectivity index (χ3n) is 7.06. The van der Waals surface area contributed by atoms with Crippen LogP contribution in [-0.2, 0) is 5.41 Å². The number of hydrogen-bond acceptors (Lipinski definition) is 5. The normalized spacial score (nSPS) is 23.7. The Kier molecular flexibility index (Phi) is 4.36. The molecule has 1 saturated heterocycles. The summed E-state index contributed by atoms with van der Waals surface area (Å²) in [7, 11) is 0. The van der Waals surface area contributed by atoms with Crippen molar-refractivity contribution in [1.82, 2.24) is 19.7 Å². The predicted molar refractivity (Wildman–Crippen MR) is 115 cm³/mol. The van der Waals surface area contributed by atoms with Crippen LogP contribution < -0.4 is 4.90 Å². The predicted octanol–water partition coefficient (Wildman–Crippen LogP) is 3.80. The number of aliphatic hydroxyl groups is 1. The SMILES string of the molecule is CC1(c2ccc3cnn(-c4cc(N5CC(F)C(C(C)(C)O)C5)ncn4)c3c2)CCC1. The number of fused-ring (bicyclic) bond motifs is 1. The minimum Gasteiger partial charge on any atom is -0.390 e. The minimum absolute atomic E-state index is 0.216. The van der Waals surface area contributed by atoms with Crippen molar-refractivity contribution in [3.8, 4) is 5.82 Å². The van der Waals surface area contributed by atoms with Gasteiger partial charge in [-0.15, -0.1) is 0 Å². The van der Waals surface area contributed by atoms with Gasteiger partial charge < -0.3 is 10.0 Å². The van der Waals surface area contributed by atoms with Gasteiger partial charge in [0.05, 0.1) is 23.9 Å². The highest BCUT2D eigenvalue weighted by atomic mass is 19.1. The molecule has 2 atom stereocenters. The molecule has 30 heavy (non-hydrogen) atoms. The van der Waals surface area contributed by atoms with Crippen LogP contribution in [0.4, 0.5) is 10.2 Å². The fourth-order valence-corrected chi connectivity index (χ4v) is 4.82. The zero-order chi connectivity index (χ0) is 21.1. The number of hydrogen-bond donors (Lipinski definition) is 1. The zero-order valence-electron chi connectivity index (χ0n) is 17.7. The van der Waals surface area contributed by atoms with Gasteiger partial charge in [0.2, 0.25) is 0 Å². The quantitative estimate of drug-likeness (QED) is 0.710. The van der Waals surface area contributed by atoms with E-state index < -0.39 is 17.7 Å². The molecule has 2 aromatic heterocycles. The van der Waals surface area contributed by atoms with E-state index in [-0.39, 0.29) is 12.0 Å². The second kappa shape index (κ2) is 6.74. The number of rotatable bonds is 4. The number of anilines is 1. The van der Waals surface area contributed by atoms with Crippen LogP contribution >= 0.6 is 0 Å². The van der Waals surface area contributed by atoms with E-state index in [1.165, 1.54) is 31.2 Å². The number of aromatic nitrogens is 4. The molecule has 1 aliphatic carbocycles. The maximum Gasteiger partial charge on any atom is 0.159 e. The molecular formula is C23H28FN5O. The lowest BCUT2D eigenvalue weighted by Crippen LogP contribution is -2.37. The molecule has 3 heterocycles. The van der Waals surface area contributed by atoms with E-state index >= 15 is 0 Å². The molecule has 0 spiro atoms. The second-order valence-electron chi connectivity index (χ2n) is 9.66. The fraction of sp³-hybridized carbons (Fsp3) is 0.522. The molecule has 5 rings (SSSR count). The van der Waals surface area contributed by atoms with Gasteiger partial charge in [-0.25, -0.2) is 19.0 Å². The van der Waals surface area contributed by atoms with Crippen LogP contribution in [0.15, 0.2) is 36.8 Å². The summed E-state index contributed by atoms with van der Waals surface area (Å²) >= 11 is 0. The number of nitrogens with zero attached hydrogens (tertiary/aromatic N) is 5. The van der Waals surface area contributed by atoms with Crippen LogP contribution in [0, 0.1) is 5.92 Å². The monoisotopic (exact) mass is 409 g/mol. The van der Waals surface area contributed by atoms with E-state index in [1.807, 2.05) is 21.8 Å². The lowest BCUT2D eigenvalue weighted by atomic mass is 9.66. The first kappa shape index (κ1) is 19.4. The van der Waals surface area contributed by atoms with Crippen molar-refractivity contribution in [2.24, 2.45) is 5.92 Å². The Bertz CT molecular complexity index is 1080. The molecule has 3 aromatic rings. The van der Waals surface area contributed by atoms with Crippen molar-refractivity contribution in [2.75, 3.05) is 18.0 Å². The van der Waals surface area contributed by atoms with E-state index in [1.54, 1.807) is 13.8 Å². The van der Waals surface area contributed by atoms with Gasteiger partial charge in [0.15, 0.2) is 5.82 Å². The highest BCUT2D eigenvalue weighted by Gasteiger charge is 2.42. The summed E-state index contributed by atoms with van der Waals surface area (Å²) in [4.78, 5) is 10.7. The molecule has 2 aliphatic rings. The first-order valence-corrected chi connectivity index (χ1v) is 10.7. The summed E-state index contributed by atoms with van der Waals surface area (Å²) in [6.45, 7) is 6.28. The summed E-state index contributed by atoms with van der Waals surface area (Å²) < 4.78 is 16.4. The van der Waals surface area contributed by atoms with Gasteiger partial charge in [0.1, 0.15) is 18.3 Å². The Morgan fingerprint density at radius 1 is 1.13 bits per heavy atom. The molecule has 2 fully saturated rings. The summed E-state index contributed by atoms with van der Waals surface area (Å²) in [6.07, 6.45) is 5.96. The van der Waals surface area contributed by atoms with Crippen LogP contribution in [0.5, 0.6) is 0 Å². The molecule has 0 bridgehead atoms. The van der Waals surface area contributed by atoms with Crippen molar-refractivity contribution >= 4 is 16.7 Å². The van der Waals surface area contributed by atoms with Gasteiger partial charge in [0.25, 0.3) is 0 Å². The average molecular weight is 410 g/mol. The number of alkyl halides is 1. The summed E-state index contributed by atoms with van der Waals surface area (Å²) in [5.41, 5.74) is 1.53. The van der Waals surface area contributed by atoms with Crippen molar-refractivity contribution in [3.63, 3.8) is 0 Å². The number of halogens is 1. The third-order valence-corrected chi connectivity index (χ3v) is 7.06. The van der Waals surface area contributed by atoms with Crippen molar-refractivity contribution < 1.29 is 9.50 Å². The van der Waals surface area contributed by atoms with Gasteiger partial charge in [-0.1, -0.05) is 25.5 Å². The number of benzene rings is 1. The Balaban J connectivity index is 1.49.